The standard InChI is InChI=1S/C15H16N2O5S/c1-17(2)11-4-6-12(7-5-11)23(21,22)16-10-3-8-13(15(19)20)14(18)9-10/h3-9,16,18H,1-2H3,(H,19,20). The molecule has 2 rings (SSSR count). The van der Waals surface area contributed by atoms with E-state index in [0.29, 0.717) is 0 Å². The van der Waals surface area contributed by atoms with Gasteiger partial charge in [-0.15, -0.1) is 0 Å². The lowest BCUT2D eigenvalue weighted by atomic mass is 10.2. The van der Waals surface area contributed by atoms with E-state index in [9.17, 15) is 18.3 Å². The average Bonchev–Trinajstić information content (AvgIpc) is 2.46. The average molecular weight is 336 g/mol. The van der Waals surface area contributed by atoms with E-state index < -0.39 is 21.7 Å². The highest BCUT2D eigenvalue weighted by atomic mass is 32.2. The van der Waals surface area contributed by atoms with Gasteiger partial charge in [-0.3, -0.25) is 4.72 Å². The second kappa shape index (κ2) is 6.17. The number of aromatic hydroxyl groups is 1. The summed E-state index contributed by atoms with van der Waals surface area (Å²) < 4.78 is 26.9. The van der Waals surface area contributed by atoms with Gasteiger partial charge >= 0.3 is 5.97 Å². The van der Waals surface area contributed by atoms with Crippen LogP contribution in [0.2, 0.25) is 0 Å². The fraction of sp³-hybridized carbons (Fsp3) is 0.133. The number of phenols is 1. The van der Waals surface area contributed by atoms with Crippen molar-refractivity contribution in [2.45, 2.75) is 4.90 Å². The predicted molar refractivity (Wildman–Crippen MR) is 86.6 cm³/mol. The monoisotopic (exact) mass is 336 g/mol. The van der Waals surface area contributed by atoms with Crippen LogP contribution in [0.3, 0.4) is 0 Å². The van der Waals surface area contributed by atoms with Gasteiger partial charge in [0.05, 0.1) is 10.6 Å². The Morgan fingerprint density at radius 1 is 1.09 bits per heavy atom. The Morgan fingerprint density at radius 3 is 2.17 bits per heavy atom. The number of carboxylic acid groups (broad SMARTS) is 1. The highest BCUT2D eigenvalue weighted by Gasteiger charge is 2.16. The molecule has 0 saturated carbocycles. The number of nitrogens with zero attached hydrogens (tertiary/aromatic N) is 1. The topological polar surface area (TPSA) is 107 Å². The van der Waals surface area contributed by atoms with Crippen LogP contribution in [0.15, 0.2) is 47.4 Å². The Morgan fingerprint density at radius 2 is 1.70 bits per heavy atom. The molecular formula is C15H16N2O5S. The summed E-state index contributed by atoms with van der Waals surface area (Å²) in [6.45, 7) is 0. The number of benzene rings is 2. The molecule has 23 heavy (non-hydrogen) atoms. The van der Waals surface area contributed by atoms with Crippen LogP contribution in [0, 0.1) is 0 Å². The highest BCUT2D eigenvalue weighted by molar-refractivity contribution is 7.92. The third-order valence-electron chi connectivity index (χ3n) is 3.14. The zero-order valence-corrected chi connectivity index (χ0v) is 13.3. The predicted octanol–water partition coefficient (Wildman–Crippen LogP) is 1.96. The molecule has 0 heterocycles. The van der Waals surface area contributed by atoms with E-state index in [-0.39, 0.29) is 16.1 Å². The van der Waals surface area contributed by atoms with E-state index in [2.05, 4.69) is 4.72 Å². The Hall–Kier alpha value is -2.74. The molecule has 0 amide bonds. The van der Waals surface area contributed by atoms with Gasteiger partial charge in [0.1, 0.15) is 11.3 Å². The molecule has 0 bridgehead atoms. The first kappa shape index (κ1) is 16.6. The number of carboxylic acids is 1. The molecule has 0 aliphatic rings. The number of anilines is 2. The van der Waals surface area contributed by atoms with Crippen molar-refractivity contribution in [2.24, 2.45) is 0 Å². The summed E-state index contributed by atoms with van der Waals surface area (Å²) in [7, 11) is -0.149. The molecule has 3 N–H and O–H groups in total. The van der Waals surface area contributed by atoms with E-state index in [0.717, 1.165) is 17.8 Å². The molecular weight excluding hydrogens is 320 g/mol. The van der Waals surface area contributed by atoms with E-state index in [1.807, 2.05) is 19.0 Å². The molecule has 2 aromatic rings. The Labute approximate surface area is 133 Å². The molecule has 0 saturated heterocycles. The molecule has 0 aliphatic heterocycles. The van der Waals surface area contributed by atoms with Gasteiger partial charge < -0.3 is 15.1 Å². The minimum atomic E-state index is -3.83. The van der Waals surface area contributed by atoms with Crippen LogP contribution in [-0.4, -0.2) is 38.7 Å². The van der Waals surface area contributed by atoms with E-state index >= 15 is 0 Å². The van der Waals surface area contributed by atoms with E-state index in [1.165, 1.54) is 18.2 Å². The lowest BCUT2D eigenvalue weighted by molar-refractivity contribution is 0.0694. The van der Waals surface area contributed by atoms with Gasteiger partial charge in [0.15, 0.2) is 0 Å². The molecule has 7 nitrogen and oxygen atoms in total. The maximum atomic E-state index is 12.3. The number of sulfonamides is 1. The van der Waals surface area contributed by atoms with Gasteiger partial charge in [-0.25, -0.2) is 13.2 Å². The normalized spacial score (nSPS) is 11.0. The SMILES string of the molecule is CN(C)c1ccc(S(=O)(=O)Nc2ccc(C(=O)O)c(O)c2)cc1. The number of hydrogen-bond acceptors (Lipinski definition) is 5. The Balaban J connectivity index is 2.27. The first-order valence-electron chi connectivity index (χ1n) is 6.57. The van der Waals surface area contributed by atoms with Gasteiger partial charge in [-0.1, -0.05) is 0 Å². The van der Waals surface area contributed by atoms with Crippen molar-refractivity contribution in [3.63, 3.8) is 0 Å². The summed E-state index contributed by atoms with van der Waals surface area (Å²) >= 11 is 0. The first-order chi connectivity index (χ1) is 10.7. The smallest absolute Gasteiger partial charge is 0.339 e. The zero-order chi connectivity index (χ0) is 17.2. The number of rotatable bonds is 5. The second-order valence-corrected chi connectivity index (χ2v) is 6.71. The number of aromatic carboxylic acids is 1. The molecule has 0 spiro atoms. The fourth-order valence-corrected chi connectivity index (χ4v) is 2.96. The second-order valence-electron chi connectivity index (χ2n) is 5.03. The quantitative estimate of drug-likeness (QED) is 0.770. The summed E-state index contributed by atoms with van der Waals surface area (Å²) in [5, 5.41) is 18.4. The molecule has 0 atom stereocenters. The lowest BCUT2D eigenvalue weighted by Crippen LogP contribution is -2.14. The van der Waals surface area contributed by atoms with Crippen molar-refractivity contribution in [1.29, 1.82) is 0 Å². The fourth-order valence-electron chi connectivity index (χ4n) is 1.91. The Kier molecular flexibility index (Phi) is 4.46. The maximum Gasteiger partial charge on any atom is 0.339 e. The largest absolute Gasteiger partial charge is 0.507 e. The van der Waals surface area contributed by atoms with Crippen molar-refractivity contribution in [3.05, 3.63) is 48.0 Å². The van der Waals surface area contributed by atoms with Crippen LogP contribution >= 0.6 is 0 Å². The molecule has 0 unspecified atom stereocenters. The summed E-state index contributed by atoms with van der Waals surface area (Å²) in [6.07, 6.45) is 0. The van der Waals surface area contributed by atoms with Crippen LogP contribution in [0.1, 0.15) is 10.4 Å². The summed E-state index contributed by atoms with van der Waals surface area (Å²) in [6, 6.07) is 9.71. The van der Waals surface area contributed by atoms with Crippen LogP contribution in [0.5, 0.6) is 5.75 Å². The van der Waals surface area contributed by atoms with Crippen molar-refractivity contribution in [2.75, 3.05) is 23.7 Å². The van der Waals surface area contributed by atoms with Gasteiger partial charge in [0, 0.05) is 25.8 Å². The molecule has 0 aliphatic carbocycles. The summed E-state index contributed by atoms with van der Waals surface area (Å²) in [5.41, 5.74) is 0.625. The number of hydrogen-bond donors (Lipinski definition) is 3. The molecule has 122 valence electrons. The highest BCUT2D eigenvalue weighted by Crippen LogP contribution is 2.24. The van der Waals surface area contributed by atoms with Crippen LogP contribution in [-0.2, 0) is 10.0 Å². The van der Waals surface area contributed by atoms with Crippen LogP contribution in [0.4, 0.5) is 11.4 Å². The van der Waals surface area contributed by atoms with Crippen LogP contribution < -0.4 is 9.62 Å². The third kappa shape index (κ3) is 3.72. The third-order valence-corrected chi connectivity index (χ3v) is 4.54. The maximum absolute atomic E-state index is 12.3. The van der Waals surface area contributed by atoms with Crippen molar-refractivity contribution in [3.8, 4) is 5.75 Å². The van der Waals surface area contributed by atoms with Crippen molar-refractivity contribution >= 4 is 27.4 Å². The zero-order valence-electron chi connectivity index (χ0n) is 12.5. The molecule has 0 fully saturated rings. The van der Waals surface area contributed by atoms with Gasteiger partial charge in [-0.2, -0.15) is 0 Å². The number of carbonyl (C=O) groups is 1. The van der Waals surface area contributed by atoms with Gasteiger partial charge in [0.25, 0.3) is 10.0 Å². The minimum absolute atomic E-state index is 0.0601. The first-order valence-corrected chi connectivity index (χ1v) is 8.05. The van der Waals surface area contributed by atoms with Crippen LogP contribution in [0.25, 0.3) is 0 Å². The summed E-state index contributed by atoms with van der Waals surface area (Å²) in [4.78, 5) is 12.7. The van der Waals surface area contributed by atoms with Gasteiger partial charge in [-0.05, 0) is 36.4 Å². The molecule has 2 aromatic carbocycles. The number of nitrogens with one attached hydrogen (secondary N) is 1. The Bertz CT molecular complexity index is 829. The minimum Gasteiger partial charge on any atom is -0.507 e. The summed E-state index contributed by atoms with van der Waals surface area (Å²) in [5.74, 6) is -1.81. The van der Waals surface area contributed by atoms with Crippen molar-refractivity contribution < 1.29 is 23.4 Å². The van der Waals surface area contributed by atoms with E-state index in [1.54, 1.807) is 12.1 Å². The van der Waals surface area contributed by atoms with Gasteiger partial charge in [0.2, 0.25) is 0 Å². The molecule has 8 heteroatoms. The lowest BCUT2D eigenvalue weighted by Gasteiger charge is -2.13. The molecule has 0 radical (unpaired) electrons. The van der Waals surface area contributed by atoms with E-state index in [4.69, 9.17) is 5.11 Å². The molecule has 0 aromatic heterocycles. The van der Waals surface area contributed by atoms with Crippen molar-refractivity contribution in [1.82, 2.24) is 0 Å².